The van der Waals surface area contributed by atoms with Crippen LogP contribution in [-0.4, -0.2) is 33.1 Å². The minimum atomic E-state index is 0.126. The maximum atomic E-state index is 10.00. The van der Waals surface area contributed by atoms with Crippen LogP contribution < -0.4 is 5.59 Å². The number of nitrogens with zero attached hydrogens (tertiary/aromatic N) is 4. The molecule has 18 heavy (non-hydrogen) atoms. The molecule has 86 valence electrons. The lowest BCUT2D eigenvalue weighted by molar-refractivity contribution is 0.477. The summed E-state index contributed by atoms with van der Waals surface area (Å²) in [6.07, 6.45) is 3.21. The highest BCUT2D eigenvalue weighted by Gasteiger charge is 2.09. The maximum Gasteiger partial charge on any atom is 0.166 e. The van der Waals surface area contributed by atoms with E-state index in [0.717, 1.165) is 5.59 Å². The number of hydrogen-bond acceptors (Lipinski definition) is 5. The molecular formula is C12H9BN4O. The molecule has 5 nitrogen and oxygen atoms in total. The number of benzene rings is 1. The molecule has 6 heteroatoms. The van der Waals surface area contributed by atoms with Gasteiger partial charge in [-0.15, -0.1) is 0 Å². The van der Waals surface area contributed by atoms with E-state index in [1.807, 2.05) is 20.0 Å². The molecule has 0 bridgehead atoms. The van der Waals surface area contributed by atoms with Crippen molar-refractivity contribution in [3.63, 3.8) is 0 Å². The average molecular weight is 236 g/mol. The van der Waals surface area contributed by atoms with Crippen LogP contribution in [0.5, 0.6) is 5.75 Å². The number of rotatable bonds is 1. The van der Waals surface area contributed by atoms with Gasteiger partial charge in [0.25, 0.3) is 0 Å². The smallest absolute Gasteiger partial charge is 0.166 e. The minimum absolute atomic E-state index is 0.126. The Bertz CT molecular complexity index is 715. The van der Waals surface area contributed by atoms with Crippen LogP contribution in [0.3, 0.4) is 0 Å². The van der Waals surface area contributed by atoms with Crippen LogP contribution in [0.2, 0.25) is 0 Å². The SMILES string of the molecule is Bc1ccc(-c2cc3nccnc3cc2O)nn1. The molecule has 0 amide bonds. The molecule has 2 heterocycles. The molecule has 1 aromatic carbocycles. The van der Waals surface area contributed by atoms with E-state index in [1.165, 1.54) is 0 Å². The Morgan fingerprint density at radius 2 is 1.67 bits per heavy atom. The second-order valence-electron chi connectivity index (χ2n) is 3.97. The van der Waals surface area contributed by atoms with Gasteiger partial charge in [-0.3, -0.25) is 9.97 Å². The summed E-state index contributed by atoms with van der Waals surface area (Å²) >= 11 is 0. The van der Waals surface area contributed by atoms with E-state index in [2.05, 4.69) is 20.2 Å². The first kappa shape index (κ1) is 10.6. The van der Waals surface area contributed by atoms with E-state index < -0.39 is 0 Å². The van der Waals surface area contributed by atoms with Gasteiger partial charge in [0.1, 0.15) is 5.75 Å². The zero-order valence-corrected chi connectivity index (χ0v) is 9.70. The van der Waals surface area contributed by atoms with Gasteiger partial charge in [0.2, 0.25) is 0 Å². The summed E-state index contributed by atoms with van der Waals surface area (Å²) in [4.78, 5) is 8.34. The first-order valence-electron chi connectivity index (χ1n) is 5.48. The molecule has 0 saturated carbocycles. The predicted octanol–water partition coefficient (Wildman–Crippen LogP) is 0.0508. The van der Waals surface area contributed by atoms with Crippen LogP contribution in [0, 0.1) is 0 Å². The minimum Gasteiger partial charge on any atom is -0.507 e. The average Bonchev–Trinajstić information content (AvgIpc) is 2.39. The van der Waals surface area contributed by atoms with Crippen molar-refractivity contribution in [1.29, 1.82) is 0 Å². The van der Waals surface area contributed by atoms with Gasteiger partial charge in [-0.25, -0.2) is 0 Å². The molecule has 0 atom stereocenters. The fourth-order valence-corrected chi connectivity index (χ4v) is 1.75. The Hall–Kier alpha value is -2.50. The van der Waals surface area contributed by atoms with Crippen LogP contribution in [-0.2, 0) is 0 Å². The molecule has 3 rings (SSSR count). The van der Waals surface area contributed by atoms with Gasteiger partial charge in [-0.05, 0) is 18.2 Å². The van der Waals surface area contributed by atoms with Crippen molar-refractivity contribution >= 4 is 24.5 Å². The summed E-state index contributed by atoms with van der Waals surface area (Å²) in [7, 11) is 1.86. The molecule has 0 fully saturated rings. The van der Waals surface area contributed by atoms with E-state index in [0.29, 0.717) is 22.3 Å². The van der Waals surface area contributed by atoms with Gasteiger partial charge >= 0.3 is 0 Å². The fourth-order valence-electron chi connectivity index (χ4n) is 1.75. The van der Waals surface area contributed by atoms with E-state index in [4.69, 9.17) is 0 Å². The number of aromatic nitrogens is 4. The van der Waals surface area contributed by atoms with Crippen molar-refractivity contribution in [2.75, 3.05) is 0 Å². The third-order valence-electron chi connectivity index (χ3n) is 2.66. The third kappa shape index (κ3) is 1.77. The Balaban J connectivity index is 2.22. The third-order valence-corrected chi connectivity index (χ3v) is 2.66. The summed E-state index contributed by atoms with van der Waals surface area (Å²) in [6, 6.07) is 7.01. The van der Waals surface area contributed by atoms with E-state index in [-0.39, 0.29) is 5.75 Å². The first-order valence-corrected chi connectivity index (χ1v) is 5.48. The molecule has 0 aliphatic heterocycles. The van der Waals surface area contributed by atoms with E-state index in [9.17, 15) is 5.11 Å². The Kier molecular flexibility index (Phi) is 2.41. The van der Waals surface area contributed by atoms with Crippen molar-refractivity contribution in [3.05, 3.63) is 36.7 Å². The van der Waals surface area contributed by atoms with Crippen molar-refractivity contribution in [1.82, 2.24) is 20.2 Å². The van der Waals surface area contributed by atoms with E-state index in [1.54, 1.807) is 24.5 Å². The maximum absolute atomic E-state index is 10.00. The normalized spacial score (nSPS) is 10.7. The number of phenols is 1. The van der Waals surface area contributed by atoms with Gasteiger partial charge < -0.3 is 5.11 Å². The highest BCUT2D eigenvalue weighted by Crippen LogP contribution is 2.30. The van der Waals surface area contributed by atoms with Crippen molar-refractivity contribution in [2.24, 2.45) is 0 Å². The Morgan fingerprint density at radius 3 is 2.33 bits per heavy atom. The summed E-state index contributed by atoms with van der Waals surface area (Å²) < 4.78 is 0. The molecule has 0 saturated heterocycles. The molecule has 2 aromatic heterocycles. The fraction of sp³-hybridized carbons (Fsp3) is 0. The van der Waals surface area contributed by atoms with Gasteiger partial charge in [-0.2, -0.15) is 10.2 Å². The molecule has 3 aromatic rings. The van der Waals surface area contributed by atoms with Crippen LogP contribution in [0.4, 0.5) is 0 Å². The molecule has 0 aliphatic rings. The number of fused-ring (bicyclic) bond motifs is 1. The molecule has 0 unspecified atom stereocenters. The van der Waals surface area contributed by atoms with E-state index >= 15 is 0 Å². The second-order valence-corrected chi connectivity index (χ2v) is 3.97. The molecule has 0 aliphatic carbocycles. The van der Waals surface area contributed by atoms with Crippen molar-refractivity contribution in [3.8, 4) is 17.0 Å². The van der Waals surface area contributed by atoms with Crippen LogP contribution in [0.1, 0.15) is 0 Å². The van der Waals surface area contributed by atoms with Gasteiger partial charge in [-0.1, -0.05) is 0 Å². The molecule has 0 spiro atoms. The lowest BCUT2D eigenvalue weighted by atomic mass is 10.0. The Labute approximate surface area is 104 Å². The number of hydrogen-bond donors (Lipinski definition) is 1. The predicted molar refractivity (Wildman–Crippen MR) is 70.4 cm³/mol. The van der Waals surface area contributed by atoms with Gasteiger partial charge in [0, 0.05) is 29.6 Å². The molecule has 0 radical (unpaired) electrons. The van der Waals surface area contributed by atoms with Crippen LogP contribution in [0.15, 0.2) is 36.7 Å². The van der Waals surface area contributed by atoms with Crippen LogP contribution in [0.25, 0.3) is 22.3 Å². The highest BCUT2D eigenvalue weighted by molar-refractivity contribution is 6.30. The number of phenolic OH excluding ortho intramolecular Hbond substituents is 1. The lowest BCUT2D eigenvalue weighted by Gasteiger charge is -2.05. The largest absolute Gasteiger partial charge is 0.507 e. The zero-order valence-electron chi connectivity index (χ0n) is 9.70. The second kappa shape index (κ2) is 4.07. The molecule has 1 N–H and O–H groups in total. The van der Waals surface area contributed by atoms with Crippen molar-refractivity contribution < 1.29 is 5.11 Å². The number of aromatic hydroxyl groups is 1. The molecular weight excluding hydrogens is 227 g/mol. The highest BCUT2D eigenvalue weighted by atomic mass is 16.3. The zero-order chi connectivity index (χ0) is 12.5. The summed E-state index contributed by atoms with van der Waals surface area (Å²) in [5.74, 6) is 0.126. The standard InChI is InChI=1S/C12H9BN4O/c13-12-2-1-8(16-17-12)7-5-9-10(6-11(7)18)15-4-3-14-9/h1-6,18H,13H2. The van der Waals surface area contributed by atoms with Gasteiger partial charge in [0.15, 0.2) is 7.85 Å². The monoisotopic (exact) mass is 236 g/mol. The quantitative estimate of drug-likeness (QED) is 0.604. The summed E-state index contributed by atoms with van der Waals surface area (Å²) in [5, 5.41) is 18.0. The van der Waals surface area contributed by atoms with Gasteiger partial charge in [0.05, 0.1) is 16.7 Å². The lowest BCUT2D eigenvalue weighted by Crippen LogP contribution is -2.09. The Morgan fingerprint density at radius 1 is 0.944 bits per heavy atom. The topological polar surface area (TPSA) is 71.8 Å². The summed E-state index contributed by atoms with van der Waals surface area (Å²) in [5.41, 5.74) is 3.42. The summed E-state index contributed by atoms with van der Waals surface area (Å²) in [6.45, 7) is 0. The van der Waals surface area contributed by atoms with Crippen LogP contribution >= 0.6 is 0 Å². The van der Waals surface area contributed by atoms with Crippen molar-refractivity contribution in [2.45, 2.75) is 0 Å². The first-order chi connectivity index (χ1) is 8.74.